The van der Waals surface area contributed by atoms with Gasteiger partial charge in [-0.15, -0.1) is 0 Å². The summed E-state index contributed by atoms with van der Waals surface area (Å²) in [5.41, 5.74) is 0. The molecule has 19 heavy (non-hydrogen) atoms. The van der Waals surface area contributed by atoms with Crippen molar-refractivity contribution in [3.05, 3.63) is 0 Å². The zero-order chi connectivity index (χ0) is 13.5. The van der Waals surface area contributed by atoms with Crippen molar-refractivity contribution in [1.29, 1.82) is 0 Å². The molecule has 1 aliphatic heterocycles. The van der Waals surface area contributed by atoms with Gasteiger partial charge in [0, 0.05) is 19.1 Å². The fourth-order valence-corrected chi connectivity index (χ4v) is 3.54. The van der Waals surface area contributed by atoms with Gasteiger partial charge in [0.15, 0.2) is 0 Å². The molecule has 0 aromatic heterocycles. The molecule has 3 nitrogen and oxygen atoms in total. The predicted molar refractivity (Wildman–Crippen MR) is 79.2 cm³/mol. The molecular formula is C16H30N2O. The molecular weight excluding hydrogens is 236 g/mol. The van der Waals surface area contributed by atoms with Crippen LogP contribution in [0.4, 0.5) is 0 Å². The predicted octanol–water partition coefficient (Wildman–Crippen LogP) is 3.04. The van der Waals surface area contributed by atoms with E-state index in [1.165, 1.54) is 57.8 Å². The quantitative estimate of drug-likeness (QED) is 0.781. The van der Waals surface area contributed by atoms with E-state index in [2.05, 4.69) is 16.7 Å². The maximum absolute atomic E-state index is 12.4. The number of carbonyl (C=O) groups is 1. The lowest BCUT2D eigenvalue weighted by molar-refractivity contribution is -0.133. The van der Waals surface area contributed by atoms with E-state index < -0.39 is 0 Å². The third-order valence-electron chi connectivity index (χ3n) is 4.79. The Kier molecular flexibility index (Phi) is 6.15. The van der Waals surface area contributed by atoms with Crippen molar-refractivity contribution < 1.29 is 4.79 Å². The maximum Gasteiger partial charge on any atom is 0.236 e. The zero-order valence-electron chi connectivity index (χ0n) is 12.6. The second-order valence-electron chi connectivity index (χ2n) is 6.15. The van der Waals surface area contributed by atoms with E-state index in [9.17, 15) is 4.79 Å². The summed E-state index contributed by atoms with van der Waals surface area (Å²) in [5.74, 6) is 0.370. The Morgan fingerprint density at radius 3 is 2.16 bits per heavy atom. The van der Waals surface area contributed by atoms with Gasteiger partial charge in [-0.3, -0.25) is 9.69 Å². The van der Waals surface area contributed by atoms with Gasteiger partial charge in [0.05, 0.1) is 6.54 Å². The van der Waals surface area contributed by atoms with Crippen LogP contribution in [-0.2, 0) is 4.79 Å². The number of hydrogen-bond donors (Lipinski definition) is 0. The smallest absolute Gasteiger partial charge is 0.236 e. The molecule has 0 aromatic rings. The molecule has 0 atom stereocenters. The molecule has 3 heteroatoms. The van der Waals surface area contributed by atoms with Crippen LogP contribution in [-0.4, -0.2) is 47.9 Å². The van der Waals surface area contributed by atoms with Crippen LogP contribution in [0.3, 0.4) is 0 Å². The summed E-state index contributed by atoms with van der Waals surface area (Å²) in [6, 6.07) is 0.662. The summed E-state index contributed by atoms with van der Waals surface area (Å²) in [4.78, 5) is 17.0. The number of rotatable bonds is 4. The first-order chi connectivity index (χ1) is 9.31. The van der Waals surface area contributed by atoms with Crippen LogP contribution in [0.5, 0.6) is 0 Å². The van der Waals surface area contributed by atoms with Gasteiger partial charge in [-0.2, -0.15) is 0 Å². The van der Waals surface area contributed by atoms with E-state index in [4.69, 9.17) is 0 Å². The van der Waals surface area contributed by atoms with Crippen molar-refractivity contribution in [2.45, 2.75) is 70.8 Å². The van der Waals surface area contributed by atoms with E-state index in [1.807, 2.05) is 0 Å². The van der Waals surface area contributed by atoms with Crippen LogP contribution in [0.25, 0.3) is 0 Å². The monoisotopic (exact) mass is 266 g/mol. The Labute approximate surface area is 118 Å². The van der Waals surface area contributed by atoms with Gasteiger partial charge >= 0.3 is 0 Å². The molecule has 2 fully saturated rings. The van der Waals surface area contributed by atoms with Crippen LogP contribution >= 0.6 is 0 Å². The summed E-state index contributed by atoms with van der Waals surface area (Å²) < 4.78 is 0. The van der Waals surface area contributed by atoms with Gasteiger partial charge < -0.3 is 4.90 Å². The molecule has 1 amide bonds. The van der Waals surface area contributed by atoms with Crippen molar-refractivity contribution in [3.63, 3.8) is 0 Å². The Hall–Kier alpha value is -0.570. The van der Waals surface area contributed by atoms with Crippen LogP contribution in [0, 0.1) is 0 Å². The van der Waals surface area contributed by atoms with Gasteiger partial charge in [0.1, 0.15) is 0 Å². The van der Waals surface area contributed by atoms with E-state index in [-0.39, 0.29) is 0 Å². The Morgan fingerprint density at radius 2 is 1.58 bits per heavy atom. The van der Waals surface area contributed by atoms with Crippen molar-refractivity contribution in [3.8, 4) is 0 Å². The Morgan fingerprint density at radius 1 is 1.00 bits per heavy atom. The molecule has 0 spiro atoms. The highest BCUT2D eigenvalue weighted by Crippen LogP contribution is 2.22. The molecule has 1 heterocycles. The third-order valence-corrected chi connectivity index (χ3v) is 4.79. The van der Waals surface area contributed by atoms with Crippen molar-refractivity contribution in [2.75, 3.05) is 26.2 Å². The standard InChI is InChI=1S/C16H30N2O/c1-2-17(15-10-6-5-7-11-15)14-16(19)18-12-8-3-4-9-13-18/h15H,2-14H2,1H3. The lowest BCUT2D eigenvalue weighted by atomic mass is 9.94. The number of nitrogens with zero attached hydrogens (tertiary/aromatic N) is 2. The highest BCUT2D eigenvalue weighted by Gasteiger charge is 2.24. The molecule has 110 valence electrons. The SMILES string of the molecule is CCN(CC(=O)N1CCCCCC1)C1CCCCC1. The van der Waals surface area contributed by atoms with Gasteiger partial charge in [0.25, 0.3) is 0 Å². The fraction of sp³-hybridized carbons (Fsp3) is 0.938. The van der Waals surface area contributed by atoms with Gasteiger partial charge in [-0.1, -0.05) is 39.0 Å². The zero-order valence-corrected chi connectivity index (χ0v) is 12.6. The Balaban J connectivity index is 1.83. The molecule has 0 unspecified atom stereocenters. The summed E-state index contributed by atoms with van der Waals surface area (Å²) in [6.45, 7) is 5.85. The first kappa shape index (κ1) is 14.8. The van der Waals surface area contributed by atoms with E-state index in [1.54, 1.807) is 0 Å². The minimum absolute atomic E-state index is 0.370. The summed E-state index contributed by atoms with van der Waals surface area (Å²) in [6.07, 6.45) is 11.6. The number of carbonyl (C=O) groups excluding carboxylic acids is 1. The number of likely N-dealkylation sites (N-methyl/N-ethyl adjacent to an activating group) is 1. The largest absolute Gasteiger partial charge is 0.342 e. The first-order valence-electron chi connectivity index (χ1n) is 8.33. The van der Waals surface area contributed by atoms with Crippen LogP contribution in [0.1, 0.15) is 64.7 Å². The lowest BCUT2D eigenvalue weighted by Gasteiger charge is -2.34. The van der Waals surface area contributed by atoms with Crippen LogP contribution in [0.2, 0.25) is 0 Å². The normalized spacial score (nSPS) is 22.5. The number of amides is 1. The second kappa shape index (κ2) is 7.88. The molecule has 0 aromatic carbocycles. The molecule has 1 saturated heterocycles. The van der Waals surface area contributed by atoms with Crippen LogP contribution in [0.15, 0.2) is 0 Å². The Bertz CT molecular complexity index is 266. The molecule has 2 rings (SSSR count). The lowest BCUT2D eigenvalue weighted by Crippen LogP contribution is -2.45. The topological polar surface area (TPSA) is 23.6 Å². The van der Waals surface area contributed by atoms with E-state index in [0.29, 0.717) is 18.5 Å². The fourth-order valence-electron chi connectivity index (χ4n) is 3.54. The number of likely N-dealkylation sites (tertiary alicyclic amines) is 1. The van der Waals surface area contributed by atoms with Crippen molar-refractivity contribution >= 4 is 5.91 Å². The molecule has 0 bridgehead atoms. The molecule has 2 aliphatic rings. The van der Waals surface area contributed by atoms with Gasteiger partial charge in [-0.25, -0.2) is 0 Å². The van der Waals surface area contributed by atoms with Crippen molar-refractivity contribution in [2.24, 2.45) is 0 Å². The van der Waals surface area contributed by atoms with E-state index in [0.717, 1.165) is 19.6 Å². The summed E-state index contributed by atoms with van der Waals surface area (Å²) in [7, 11) is 0. The average Bonchev–Trinajstić information content (AvgIpc) is 2.74. The maximum atomic E-state index is 12.4. The minimum Gasteiger partial charge on any atom is -0.342 e. The molecule has 1 saturated carbocycles. The highest BCUT2D eigenvalue weighted by atomic mass is 16.2. The third kappa shape index (κ3) is 4.48. The van der Waals surface area contributed by atoms with Crippen molar-refractivity contribution in [1.82, 2.24) is 9.80 Å². The number of hydrogen-bond acceptors (Lipinski definition) is 2. The second-order valence-corrected chi connectivity index (χ2v) is 6.15. The van der Waals surface area contributed by atoms with Gasteiger partial charge in [0.2, 0.25) is 5.91 Å². The van der Waals surface area contributed by atoms with Crippen LogP contribution < -0.4 is 0 Å². The molecule has 1 aliphatic carbocycles. The summed E-state index contributed by atoms with van der Waals surface area (Å²) >= 11 is 0. The highest BCUT2D eigenvalue weighted by molar-refractivity contribution is 5.78. The minimum atomic E-state index is 0.370. The van der Waals surface area contributed by atoms with E-state index >= 15 is 0 Å². The van der Waals surface area contributed by atoms with Gasteiger partial charge in [-0.05, 0) is 32.2 Å². The summed E-state index contributed by atoms with van der Waals surface area (Å²) in [5, 5.41) is 0. The first-order valence-corrected chi connectivity index (χ1v) is 8.33. The molecule has 0 radical (unpaired) electrons. The average molecular weight is 266 g/mol. The molecule has 0 N–H and O–H groups in total.